The van der Waals surface area contributed by atoms with Crippen molar-refractivity contribution in [1.82, 2.24) is 4.90 Å². The van der Waals surface area contributed by atoms with E-state index in [0.29, 0.717) is 19.1 Å². The van der Waals surface area contributed by atoms with E-state index in [-0.39, 0.29) is 23.2 Å². The van der Waals surface area contributed by atoms with E-state index in [2.05, 4.69) is 4.90 Å². The molecule has 1 aromatic carbocycles. The van der Waals surface area contributed by atoms with Crippen LogP contribution in [-0.4, -0.2) is 24.5 Å². The third-order valence-electron chi connectivity index (χ3n) is 3.39. The van der Waals surface area contributed by atoms with Gasteiger partial charge in [-0.25, -0.2) is 4.39 Å². The lowest BCUT2D eigenvalue weighted by Gasteiger charge is -2.27. The van der Waals surface area contributed by atoms with Crippen LogP contribution in [0, 0.1) is 11.7 Å². The van der Waals surface area contributed by atoms with Gasteiger partial charge in [-0.3, -0.25) is 4.90 Å². The maximum absolute atomic E-state index is 13.3. The molecule has 1 saturated carbocycles. The molecule has 2 N–H and O–H groups in total. The van der Waals surface area contributed by atoms with Crippen LogP contribution in [0.1, 0.15) is 18.4 Å². The smallest absolute Gasteiger partial charge is 0.142 e. The highest BCUT2D eigenvalue weighted by atomic mass is 35.5. The van der Waals surface area contributed by atoms with Crippen molar-refractivity contribution >= 4 is 24.0 Å². The quantitative estimate of drug-likeness (QED) is 0.904. The lowest BCUT2D eigenvalue weighted by atomic mass is 10.1. The van der Waals surface area contributed by atoms with Crippen LogP contribution < -0.4 is 5.73 Å². The molecular formula is C13H19Cl2FN2. The summed E-state index contributed by atoms with van der Waals surface area (Å²) in [6.45, 7) is 1.38. The van der Waals surface area contributed by atoms with Gasteiger partial charge in [0.15, 0.2) is 0 Å². The number of halogens is 3. The first kappa shape index (κ1) is 15.7. The molecule has 18 heavy (non-hydrogen) atoms. The van der Waals surface area contributed by atoms with Crippen molar-refractivity contribution in [3.8, 4) is 0 Å². The molecule has 0 spiro atoms. The summed E-state index contributed by atoms with van der Waals surface area (Å²) in [6, 6.07) is 5.38. The van der Waals surface area contributed by atoms with E-state index in [1.807, 2.05) is 13.1 Å². The zero-order valence-electron chi connectivity index (χ0n) is 10.4. The number of benzene rings is 1. The van der Waals surface area contributed by atoms with Gasteiger partial charge < -0.3 is 5.73 Å². The highest BCUT2D eigenvalue weighted by molar-refractivity contribution is 6.30. The molecule has 0 radical (unpaired) electrons. The Labute approximate surface area is 119 Å². The van der Waals surface area contributed by atoms with Gasteiger partial charge in [-0.05, 0) is 43.5 Å². The van der Waals surface area contributed by atoms with Gasteiger partial charge >= 0.3 is 0 Å². The summed E-state index contributed by atoms with van der Waals surface area (Å²) in [5.74, 6) is 0.371. The molecule has 102 valence electrons. The molecular weight excluding hydrogens is 274 g/mol. The van der Waals surface area contributed by atoms with Crippen LogP contribution in [0.4, 0.5) is 4.39 Å². The summed E-state index contributed by atoms with van der Waals surface area (Å²) in [6.07, 6.45) is 2.53. The lowest BCUT2D eigenvalue weighted by Crippen LogP contribution is -2.39. The molecule has 0 bridgehead atoms. The average Bonchev–Trinajstić information content (AvgIpc) is 3.09. The largest absolute Gasteiger partial charge is 0.329 e. The van der Waals surface area contributed by atoms with Crippen LogP contribution in [0.2, 0.25) is 5.02 Å². The van der Waals surface area contributed by atoms with Crippen LogP contribution in [0.5, 0.6) is 0 Å². The normalized spacial score (nSPS) is 16.5. The molecule has 1 aliphatic rings. The molecule has 1 unspecified atom stereocenters. The number of likely N-dealkylation sites (N-methyl/N-ethyl adjacent to an activating group) is 1. The van der Waals surface area contributed by atoms with Crippen molar-refractivity contribution in [2.45, 2.75) is 25.4 Å². The Kier molecular flexibility index (Phi) is 5.86. The zero-order valence-corrected chi connectivity index (χ0v) is 12.0. The number of nitrogens with zero attached hydrogens (tertiary/aromatic N) is 1. The van der Waals surface area contributed by atoms with Gasteiger partial charge in [0.2, 0.25) is 0 Å². The molecule has 1 atom stereocenters. The van der Waals surface area contributed by atoms with Gasteiger partial charge in [0, 0.05) is 19.1 Å². The monoisotopic (exact) mass is 292 g/mol. The number of rotatable bonds is 5. The molecule has 2 rings (SSSR count). The fourth-order valence-corrected chi connectivity index (χ4v) is 2.37. The van der Waals surface area contributed by atoms with Crippen LogP contribution in [-0.2, 0) is 6.54 Å². The Hall–Kier alpha value is -0.350. The summed E-state index contributed by atoms with van der Waals surface area (Å²) in [4.78, 5) is 2.21. The van der Waals surface area contributed by atoms with Crippen molar-refractivity contribution in [1.29, 1.82) is 0 Å². The molecule has 0 heterocycles. The van der Waals surface area contributed by atoms with Gasteiger partial charge in [-0.2, -0.15) is 0 Å². The zero-order chi connectivity index (χ0) is 12.4. The Morgan fingerprint density at radius 3 is 2.67 bits per heavy atom. The predicted molar refractivity (Wildman–Crippen MR) is 75.7 cm³/mol. The molecule has 0 amide bonds. The third-order valence-corrected chi connectivity index (χ3v) is 3.70. The van der Waals surface area contributed by atoms with E-state index >= 15 is 0 Å². The van der Waals surface area contributed by atoms with E-state index in [4.69, 9.17) is 17.3 Å². The van der Waals surface area contributed by atoms with Crippen molar-refractivity contribution in [2.75, 3.05) is 13.6 Å². The summed E-state index contributed by atoms with van der Waals surface area (Å²) in [7, 11) is 2.04. The van der Waals surface area contributed by atoms with Crippen LogP contribution >= 0.6 is 24.0 Å². The summed E-state index contributed by atoms with van der Waals surface area (Å²) < 4.78 is 13.3. The second kappa shape index (κ2) is 6.71. The first-order valence-corrected chi connectivity index (χ1v) is 6.34. The molecule has 2 nitrogen and oxygen atoms in total. The van der Waals surface area contributed by atoms with Crippen LogP contribution in [0.25, 0.3) is 0 Å². The molecule has 1 aromatic rings. The number of nitrogens with two attached hydrogens (primary N) is 1. The highest BCUT2D eigenvalue weighted by Crippen LogP contribution is 2.35. The van der Waals surface area contributed by atoms with Gasteiger partial charge in [0.25, 0.3) is 0 Å². The second-order valence-electron chi connectivity index (χ2n) is 4.80. The predicted octanol–water partition coefficient (Wildman–Crippen LogP) is 3.07. The van der Waals surface area contributed by atoms with E-state index < -0.39 is 0 Å². The van der Waals surface area contributed by atoms with Crippen LogP contribution in [0.15, 0.2) is 18.2 Å². The average molecular weight is 293 g/mol. The first-order valence-electron chi connectivity index (χ1n) is 5.96. The Balaban J connectivity index is 0.00000162. The standard InChI is InChI=1S/C13H18ClFN2.ClH/c1-17(13(7-16)10-3-4-10)8-9-2-5-11(14)12(15)6-9;/h2,5-6,10,13H,3-4,7-8,16H2,1H3;1H. The molecule has 0 saturated heterocycles. The number of hydrogen-bond acceptors (Lipinski definition) is 2. The Morgan fingerprint density at radius 2 is 2.17 bits per heavy atom. The highest BCUT2D eigenvalue weighted by Gasteiger charge is 2.32. The molecule has 5 heteroatoms. The molecule has 0 aromatic heterocycles. The van der Waals surface area contributed by atoms with Gasteiger partial charge in [0.1, 0.15) is 5.82 Å². The minimum Gasteiger partial charge on any atom is -0.329 e. The van der Waals surface area contributed by atoms with Crippen molar-refractivity contribution in [2.24, 2.45) is 11.7 Å². The first-order chi connectivity index (χ1) is 8.11. The fourth-order valence-electron chi connectivity index (χ4n) is 2.26. The van der Waals surface area contributed by atoms with Gasteiger partial charge in [-0.15, -0.1) is 12.4 Å². The lowest BCUT2D eigenvalue weighted by molar-refractivity contribution is 0.215. The van der Waals surface area contributed by atoms with Crippen LogP contribution in [0.3, 0.4) is 0 Å². The summed E-state index contributed by atoms with van der Waals surface area (Å²) in [5, 5.41) is 0.175. The molecule has 0 aliphatic heterocycles. The fraction of sp³-hybridized carbons (Fsp3) is 0.538. The van der Waals surface area contributed by atoms with E-state index in [1.54, 1.807) is 6.07 Å². The molecule has 1 fully saturated rings. The van der Waals surface area contributed by atoms with E-state index in [0.717, 1.165) is 11.5 Å². The minimum atomic E-state index is -0.353. The molecule has 1 aliphatic carbocycles. The Morgan fingerprint density at radius 1 is 1.50 bits per heavy atom. The third kappa shape index (κ3) is 3.82. The maximum Gasteiger partial charge on any atom is 0.142 e. The van der Waals surface area contributed by atoms with E-state index in [9.17, 15) is 4.39 Å². The Bertz CT molecular complexity index is 397. The second-order valence-corrected chi connectivity index (χ2v) is 5.21. The maximum atomic E-state index is 13.3. The van der Waals surface area contributed by atoms with Gasteiger partial charge in [0.05, 0.1) is 5.02 Å². The summed E-state index contributed by atoms with van der Waals surface area (Å²) >= 11 is 5.66. The minimum absolute atomic E-state index is 0. The van der Waals surface area contributed by atoms with Gasteiger partial charge in [-0.1, -0.05) is 17.7 Å². The SMILES string of the molecule is CN(Cc1ccc(Cl)c(F)c1)C(CN)C1CC1.Cl. The van der Waals surface area contributed by atoms with E-state index in [1.165, 1.54) is 18.9 Å². The van der Waals surface area contributed by atoms with Crippen molar-refractivity contribution in [3.05, 3.63) is 34.6 Å². The van der Waals surface area contributed by atoms with Crippen molar-refractivity contribution in [3.63, 3.8) is 0 Å². The topological polar surface area (TPSA) is 29.3 Å². The summed E-state index contributed by atoms with van der Waals surface area (Å²) in [5.41, 5.74) is 6.72. The number of hydrogen-bond donors (Lipinski definition) is 1. The van der Waals surface area contributed by atoms with Crippen molar-refractivity contribution < 1.29 is 4.39 Å².